The first-order valence-corrected chi connectivity index (χ1v) is 13.1. The van der Waals surface area contributed by atoms with E-state index in [1.807, 2.05) is 12.4 Å². The highest BCUT2D eigenvalue weighted by Gasteiger charge is 2.17. The number of pyridine rings is 1. The SMILES string of the molecule is c1nc2nc(N3CCNCC3)nc(NCc3cncc(CNCCCNC4CCCCC4)c3)c2[nH]1. The van der Waals surface area contributed by atoms with Crippen LogP contribution < -0.4 is 26.2 Å². The Balaban J connectivity index is 1.11. The van der Waals surface area contributed by atoms with E-state index in [9.17, 15) is 0 Å². The molecule has 2 aliphatic rings. The minimum absolute atomic E-state index is 0.637. The van der Waals surface area contributed by atoms with Crippen molar-refractivity contribution in [1.82, 2.24) is 40.9 Å². The Labute approximate surface area is 207 Å². The number of fused-ring (bicyclic) bond motifs is 1. The largest absolute Gasteiger partial charge is 0.364 e. The van der Waals surface area contributed by atoms with Crippen LogP contribution in [0.5, 0.6) is 0 Å². The van der Waals surface area contributed by atoms with Crippen LogP contribution in [0.2, 0.25) is 0 Å². The van der Waals surface area contributed by atoms with Gasteiger partial charge < -0.3 is 31.2 Å². The Morgan fingerprint density at radius 1 is 0.971 bits per heavy atom. The van der Waals surface area contributed by atoms with Gasteiger partial charge >= 0.3 is 0 Å². The molecule has 5 N–H and O–H groups in total. The lowest BCUT2D eigenvalue weighted by atomic mass is 9.95. The van der Waals surface area contributed by atoms with E-state index in [2.05, 4.69) is 52.2 Å². The molecule has 1 saturated heterocycles. The lowest BCUT2D eigenvalue weighted by Crippen LogP contribution is -2.44. The maximum absolute atomic E-state index is 4.81. The Morgan fingerprint density at radius 2 is 1.80 bits per heavy atom. The number of anilines is 2. The molecular weight excluding hydrogens is 440 g/mol. The van der Waals surface area contributed by atoms with Gasteiger partial charge in [-0.25, -0.2) is 4.98 Å². The minimum atomic E-state index is 0.637. The summed E-state index contributed by atoms with van der Waals surface area (Å²) < 4.78 is 0. The molecule has 0 amide bonds. The Bertz CT molecular complexity index is 1060. The van der Waals surface area contributed by atoms with Crippen LogP contribution in [0.1, 0.15) is 49.7 Å². The lowest BCUT2D eigenvalue weighted by Gasteiger charge is -2.27. The first-order chi connectivity index (χ1) is 17.3. The van der Waals surface area contributed by atoms with E-state index in [0.717, 1.165) is 81.1 Å². The number of rotatable bonds is 11. The predicted molar refractivity (Wildman–Crippen MR) is 140 cm³/mol. The molecule has 0 aromatic carbocycles. The van der Waals surface area contributed by atoms with E-state index in [1.54, 1.807) is 6.33 Å². The number of imidazole rings is 1. The van der Waals surface area contributed by atoms with Crippen LogP contribution in [0, 0.1) is 0 Å². The van der Waals surface area contributed by atoms with Crippen LogP contribution in [0.15, 0.2) is 24.8 Å². The molecule has 2 fully saturated rings. The fraction of sp³-hybridized carbons (Fsp3) is 0.600. The van der Waals surface area contributed by atoms with Crippen molar-refractivity contribution >= 4 is 22.9 Å². The number of H-pyrrole nitrogens is 1. The number of piperazine rings is 1. The van der Waals surface area contributed by atoms with Crippen LogP contribution in [-0.2, 0) is 13.1 Å². The summed E-state index contributed by atoms with van der Waals surface area (Å²) >= 11 is 0. The molecule has 10 nitrogen and oxygen atoms in total. The molecule has 188 valence electrons. The second-order valence-corrected chi connectivity index (χ2v) is 9.58. The summed E-state index contributed by atoms with van der Waals surface area (Å²) in [7, 11) is 0. The third-order valence-corrected chi connectivity index (χ3v) is 6.88. The Morgan fingerprint density at radius 3 is 2.66 bits per heavy atom. The fourth-order valence-corrected chi connectivity index (χ4v) is 4.94. The molecule has 0 unspecified atom stereocenters. The smallest absolute Gasteiger partial charge is 0.229 e. The van der Waals surface area contributed by atoms with Crippen LogP contribution in [0.3, 0.4) is 0 Å². The standard InChI is InChI=1S/C25H38N10/c1-2-5-21(6-3-1)29-8-4-7-27-14-19-13-20(16-28-15-19)17-30-23-22-24(32-18-31-22)34-25(33-23)35-11-9-26-10-12-35/h13,15-16,18,21,26-27,29H,1-12,14,17H2,(H2,30,31,32,33,34). The zero-order valence-electron chi connectivity index (χ0n) is 20.5. The molecule has 5 rings (SSSR count). The Kier molecular flexibility index (Phi) is 8.35. The van der Waals surface area contributed by atoms with Gasteiger partial charge in [0.2, 0.25) is 5.95 Å². The number of aromatic nitrogens is 5. The van der Waals surface area contributed by atoms with Crippen molar-refractivity contribution in [1.29, 1.82) is 0 Å². The van der Waals surface area contributed by atoms with Gasteiger partial charge in [-0.3, -0.25) is 4.98 Å². The second kappa shape index (κ2) is 12.2. The summed E-state index contributed by atoms with van der Waals surface area (Å²) in [6.07, 6.45) is 13.5. The van der Waals surface area contributed by atoms with Crippen molar-refractivity contribution in [2.24, 2.45) is 0 Å². The van der Waals surface area contributed by atoms with Crippen molar-refractivity contribution < 1.29 is 0 Å². The molecule has 0 radical (unpaired) electrons. The lowest BCUT2D eigenvalue weighted by molar-refractivity contribution is 0.371. The molecule has 4 heterocycles. The van der Waals surface area contributed by atoms with E-state index in [-0.39, 0.29) is 0 Å². The molecule has 0 bridgehead atoms. The summed E-state index contributed by atoms with van der Waals surface area (Å²) in [6, 6.07) is 2.94. The summed E-state index contributed by atoms with van der Waals surface area (Å²) in [4.78, 5) is 23.7. The molecule has 1 saturated carbocycles. The van der Waals surface area contributed by atoms with Crippen molar-refractivity contribution in [3.05, 3.63) is 35.9 Å². The maximum Gasteiger partial charge on any atom is 0.229 e. The van der Waals surface area contributed by atoms with Gasteiger partial charge in [-0.2, -0.15) is 9.97 Å². The zero-order chi connectivity index (χ0) is 23.7. The van der Waals surface area contributed by atoms with E-state index in [4.69, 9.17) is 4.98 Å². The van der Waals surface area contributed by atoms with E-state index in [1.165, 1.54) is 37.7 Å². The second-order valence-electron chi connectivity index (χ2n) is 9.58. The third kappa shape index (κ3) is 6.65. The zero-order valence-corrected chi connectivity index (χ0v) is 20.5. The summed E-state index contributed by atoms with van der Waals surface area (Å²) in [5, 5.41) is 14.1. The molecule has 35 heavy (non-hydrogen) atoms. The average Bonchev–Trinajstić information content (AvgIpc) is 3.40. The van der Waals surface area contributed by atoms with Gasteiger partial charge in [0.25, 0.3) is 0 Å². The number of hydrogen-bond donors (Lipinski definition) is 5. The predicted octanol–water partition coefficient (Wildman–Crippen LogP) is 2.17. The Hall–Kier alpha value is -2.82. The number of aromatic amines is 1. The van der Waals surface area contributed by atoms with Crippen LogP contribution in [-0.4, -0.2) is 70.2 Å². The van der Waals surface area contributed by atoms with E-state index < -0.39 is 0 Å². The highest BCUT2D eigenvalue weighted by molar-refractivity contribution is 5.83. The van der Waals surface area contributed by atoms with Gasteiger partial charge in [0.1, 0.15) is 5.52 Å². The summed E-state index contributed by atoms with van der Waals surface area (Å²) in [5.74, 6) is 1.50. The van der Waals surface area contributed by atoms with Gasteiger partial charge in [0.05, 0.1) is 6.33 Å². The number of nitrogens with zero attached hydrogens (tertiary/aromatic N) is 5. The molecule has 0 spiro atoms. The first-order valence-electron chi connectivity index (χ1n) is 13.1. The number of hydrogen-bond acceptors (Lipinski definition) is 9. The van der Waals surface area contributed by atoms with Gasteiger partial charge in [-0.05, 0) is 49.5 Å². The minimum Gasteiger partial charge on any atom is -0.364 e. The first kappa shape index (κ1) is 23.9. The van der Waals surface area contributed by atoms with Crippen molar-refractivity contribution in [2.45, 2.75) is 57.7 Å². The topological polar surface area (TPSA) is 119 Å². The van der Waals surface area contributed by atoms with Crippen molar-refractivity contribution in [3.8, 4) is 0 Å². The van der Waals surface area contributed by atoms with Gasteiger partial charge in [0.15, 0.2) is 11.5 Å². The quantitative estimate of drug-likeness (QED) is 0.264. The normalized spacial score (nSPS) is 17.2. The molecule has 3 aromatic rings. The van der Waals surface area contributed by atoms with Crippen molar-refractivity contribution in [2.75, 3.05) is 49.5 Å². The molecule has 0 atom stereocenters. The van der Waals surface area contributed by atoms with Gasteiger partial charge in [-0.1, -0.05) is 19.3 Å². The molecule has 1 aliphatic carbocycles. The fourth-order valence-electron chi connectivity index (χ4n) is 4.94. The monoisotopic (exact) mass is 478 g/mol. The highest BCUT2D eigenvalue weighted by atomic mass is 15.3. The molecule has 10 heteroatoms. The summed E-state index contributed by atoms with van der Waals surface area (Å²) in [5.41, 5.74) is 3.83. The van der Waals surface area contributed by atoms with Gasteiger partial charge in [0, 0.05) is 57.7 Å². The van der Waals surface area contributed by atoms with Crippen LogP contribution in [0.4, 0.5) is 11.8 Å². The van der Waals surface area contributed by atoms with Crippen molar-refractivity contribution in [3.63, 3.8) is 0 Å². The van der Waals surface area contributed by atoms with Crippen LogP contribution >= 0.6 is 0 Å². The van der Waals surface area contributed by atoms with E-state index >= 15 is 0 Å². The van der Waals surface area contributed by atoms with Gasteiger partial charge in [-0.15, -0.1) is 0 Å². The van der Waals surface area contributed by atoms with Crippen LogP contribution in [0.25, 0.3) is 11.2 Å². The summed E-state index contributed by atoms with van der Waals surface area (Å²) in [6.45, 7) is 7.24. The molecular formula is C25H38N10. The molecule has 3 aromatic heterocycles. The molecule has 1 aliphatic heterocycles. The third-order valence-electron chi connectivity index (χ3n) is 6.88. The average molecular weight is 479 g/mol. The number of nitrogens with one attached hydrogen (secondary N) is 5. The maximum atomic E-state index is 4.81. The van der Waals surface area contributed by atoms with E-state index in [0.29, 0.717) is 12.2 Å². The highest BCUT2D eigenvalue weighted by Crippen LogP contribution is 2.22.